The molecule has 0 spiro atoms. The molecule has 100 valence electrons. The van der Waals surface area contributed by atoms with Gasteiger partial charge in [-0.15, -0.1) is 0 Å². The number of non-ortho nitro benzene ring substituents is 1. The summed E-state index contributed by atoms with van der Waals surface area (Å²) in [7, 11) is 0. The molecule has 19 heavy (non-hydrogen) atoms. The van der Waals surface area contributed by atoms with Crippen molar-refractivity contribution in [1.29, 1.82) is 0 Å². The zero-order valence-electron chi connectivity index (χ0n) is 10.5. The quantitative estimate of drug-likeness (QED) is 0.367. The highest BCUT2D eigenvalue weighted by Gasteiger charge is 2.07. The van der Waals surface area contributed by atoms with Gasteiger partial charge in [-0.1, -0.05) is 12.2 Å². The summed E-state index contributed by atoms with van der Waals surface area (Å²) in [4.78, 5) is 31.5. The van der Waals surface area contributed by atoms with Gasteiger partial charge in [-0.2, -0.15) is 0 Å². The van der Waals surface area contributed by atoms with Gasteiger partial charge in [-0.25, -0.2) is 0 Å². The Balaban J connectivity index is 2.74. The molecule has 0 bridgehead atoms. The van der Waals surface area contributed by atoms with Crippen LogP contribution in [0.25, 0.3) is 6.08 Å². The summed E-state index contributed by atoms with van der Waals surface area (Å²) in [6.07, 6.45) is 4.64. The van der Waals surface area contributed by atoms with Gasteiger partial charge < -0.3 is 5.32 Å². The van der Waals surface area contributed by atoms with Crippen LogP contribution in [0, 0.1) is 10.1 Å². The van der Waals surface area contributed by atoms with Crippen LogP contribution in [0.1, 0.15) is 29.3 Å². The summed E-state index contributed by atoms with van der Waals surface area (Å²) in [5.41, 5.74) is 0.723. The Labute approximate surface area is 110 Å². The van der Waals surface area contributed by atoms with E-state index in [1.54, 1.807) is 18.2 Å². The fourth-order valence-electron chi connectivity index (χ4n) is 1.48. The van der Waals surface area contributed by atoms with E-state index in [2.05, 4.69) is 5.32 Å². The Morgan fingerprint density at radius 1 is 1.37 bits per heavy atom. The molecule has 6 heteroatoms. The number of nitrogens with one attached hydrogen (secondary N) is 1. The van der Waals surface area contributed by atoms with Crippen molar-refractivity contribution in [3.8, 4) is 0 Å². The highest BCUT2D eigenvalue weighted by molar-refractivity contribution is 5.78. The van der Waals surface area contributed by atoms with E-state index >= 15 is 0 Å². The van der Waals surface area contributed by atoms with Gasteiger partial charge >= 0.3 is 0 Å². The number of hydrogen-bond acceptors (Lipinski definition) is 4. The minimum Gasteiger partial charge on any atom is -0.356 e. The molecule has 1 rings (SSSR count). The first-order valence-corrected chi connectivity index (χ1v) is 5.68. The zero-order chi connectivity index (χ0) is 14.3. The zero-order valence-corrected chi connectivity index (χ0v) is 10.5. The Kier molecular flexibility index (Phi) is 5.40. The lowest BCUT2D eigenvalue weighted by molar-refractivity contribution is -0.384. The third-order valence-corrected chi connectivity index (χ3v) is 2.30. The molecule has 0 aliphatic heterocycles. The molecule has 0 aliphatic rings. The van der Waals surface area contributed by atoms with E-state index in [4.69, 9.17) is 0 Å². The van der Waals surface area contributed by atoms with Crippen LogP contribution in [0.2, 0.25) is 0 Å². The molecule has 1 amide bonds. The second-order valence-corrected chi connectivity index (χ2v) is 3.91. The maximum Gasteiger partial charge on any atom is 0.270 e. The van der Waals surface area contributed by atoms with Crippen molar-refractivity contribution in [2.45, 2.75) is 13.3 Å². The van der Waals surface area contributed by atoms with Crippen molar-refractivity contribution >= 4 is 24.0 Å². The predicted molar refractivity (Wildman–Crippen MR) is 70.8 cm³/mol. The van der Waals surface area contributed by atoms with Crippen molar-refractivity contribution in [2.24, 2.45) is 0 Å². The lowest BCUT2D eigenvalue weighted by Crippen LogP contribution is -2.20. The number of carbonyl (C=O) groups is 2. The van der Waals surface area contributed by atoms with Gasteiger partial charge in [0, 0.05) is 31.2 Å². The van der Waals surface area contributed by atoms with E-state index in [-0.39, 0.29) is 17.2 Å². The van der Waals surface area contributed by atoms with Gasteiger partial charge in [0.1, 0.15) is 6.29 Å². The Morgan fingerprint density at radius 3 is 2.63 bits per heavy atom. The van der Waals surface area contributed by atoms with Crippen LogP contribution in [0.3, 0.4) is 0 Å². The van der Waals surface area contributed by atoms with Gasteiger partial charge in [0.2, 0.25) is 5.91 Å². The largest absolute Gasteiger partial charge is 0.356 e. The summed E-state index contributed by atoms with van der Waals surface area (Å²) in [5, 5.41) is 13.3. The van der Waals surface area contributed by atoms with Crippen LogP contribution < -0.4 is 5.32 Å². The predicted octanol–water partition coefficient (Wildman–Crippen LogP) is 1.95. The standard InChI is InChI=1S/C13H14N2O4/c1-10(17)14-5-3-2-4-11-6-12(9-16)8-13(7-11)15(18)19/h2,4,6-9H,3,5H2,1H3,(H,14,17). The van der Waals surface area contributed by atoms with E-state index < -0.39 is 4.92 Å². The van der Waals surface area contributed by atoms with Crippen molar-refractivity contribution in [3.63, 3.8) is 0 Å². The average Bonchev–Trinajstić information content (AvgIpc) is 2.37. The molecule has 1 aromatic rings. The number of benzene rings is 1. The number of carbonyl (C=O) groups excluding carboxylic acids is 2. The van der Waals surface area contributed by atoms with Crippen molar-refractivity contribution < 1.29 is 14.5 Å². The fraction of sp³-hybridized carbons (Fsp3) is 0.231. The first kappa shape index (κ1) is 14.6. The van der Waals surface area contributed by atoms with Crippen LogP contribution in [-0.2, 0) is 4.79 Å². The molecule has 0 saturated carbocycles. The van der Waals surface area contributed by atoms with Crippen LogP contribution in [0.15, 0.2) is 24.3 Å². The fourth-order valence-corrected chi connectivity index (χ4v) is 1.48. The van der Waals surface area contributed by atoms with E-state index in [1.807, 2.05) is 0 Å². The van der Waals surface area contributed by atoms with E-state index in [0.29, 0.717) is 24.8 Å². The highest BCUT2D eigenvalue weighted by Crippen LogP contribution is 2.17. The molecule has 0 aliphatic carbocycles. The normalized spacial score (nSPS) is 10.4. The number of nitrogens with zero attached hydrogens (tertiary/aromatic N) is 1. The number of rotatable bonds is 6. The second-order valence-electron chi connectivity index (χ2n) is 3.91. The van der Waals surface area contributed by atoms with Crippen molar-refractivity contribution in [1.82, 2.24) is 5.32 Å². The summed E-state index contributed by atoms with van der Waals surface area (Å²) in [5.74, 6) is -0.105. The monoisotopic (exact) mass is 262 g/mol. The topological polar surface area (TPSA) is 89.3 Å². The first-order valence-electron chi connectivity index (χ1n) is 5.68. The van der Waals surface area contributed by atoms with Gasteiger partial charge in [0.15, 0.2) is 0 Å². The summed E-state index contributed by atoms with van der Waals surface area (Å²) in [6.45, 7) is 1.93. The Bertz CT molecular complexity index is 523. The molecule has 1 N–H and O–H groups in total. The van der Waals surface area contributed by atoms with Crippen molar-refractivity contribution in [3.05, 3.63) is 45.5 Å². The molecular formula is C13H14N2O4. The molecule has 0 aromatic heterocycles. The third kappa shape index (κ3) is 5.12. The van der Waals surface area contributed by atoms with E-state index in [0.717, 1.165) is 0 Å². The van der Waals surface area contributed by atoms with Crippen LogP contribution in [0.4, 0.5) is 5.69 Å². The molecule has 0 radical (unpaired) electrons. The average molecular weight is 262 g/mol. The molecule has 0 unspecified atom stereocenters. The second kappa shape index (κ2) is 7.05. The number of nitro groups is 1. The molecule has 0 saturated heterocycles. The lowest BCUT2D eigenvalue weighted by atomic mass is 10.1. The molecule has 1 aromatic carbocycles. The Morgan fingerprint density at radius 2 is 2.05 bits per heavy atom. The Hall–Kier alpha value is -2.50. The van der Waals surface area contributed by atoms with Crippen LogP contribution >= 0.6 is 0 Å². The van der Waals surface area contributed by atoms with Gasteiger partial charge in [0.05, 0.1) is 4.92 Å². The molecule has 0 atom stereocenters. The third-order valence-electron chi connectivity index (χ3n) is 2.30. The smallest absolute Gasteiger partial charge is 0.270 e. The number of hydrogen-bond donors (Lipinski definition) is 1. The van der Waals surface area contributed by atoms with Crippen molar-refractivity contribution in [2.75, 3.05) is 6.54 Å². The molecule has 0 heterocycles. The maximum absolute atomic E-state index is 10.7. The number of nitro benzene ring substituents is 1. The first-order chi connectivity index (χ1) is 9.02. The lowest BCUT2D eigenvalue weighted by Gasteiger charge is -1.99. The molecular weight excluding hydrogens is 248 g/mol. The molecule has 6 nitrogen and oxygen atoms in total. The van der Waals surface area contributed by atoms with Gasteiger partial charge in [0.25, 0.3) is 5.69 Å². The van der Waals surface area contributed by atoms with E-state index in [9.17, 15) is 19.7 Å². The SMILES string of the molecule is CC(=O)NCCC=Cc1cc(C=O)cc([N+](=O)[O-])c1. The minimum absolute atomic E-state index is 0.105. The van der Waals surface area contributed by atoms with E-state index in [1.165, 1.54) is 19.1 Å². The minimum atomic E-state index is -0.540. The van der Waals surface area contributed by atoms with Crippen LogP contribution in [-0.4, -0.2) is 23.7 Å². The summed E-state index contributed by atoms with van der Waals surface area (Å²) >= 11 is 0. The number of aldehydes is 1. The van der Waals surface area contributed by atoms with Crippen LogP contribution in [0.5, 0.6) is 0 Å². The highest BCUT2D eigenvalue weighted by atomic mass is 16.6. The van der Waals surface area contributed by atoms with Gasteiger partial charge in [-0.3, -0.25) is 19.7 Å². The molecule has 0 fully saturated rings. The maximum atomic E-state index is 10.7. The summed E-state index contributed by atoms with van der Waals surface area (Å²) < 4.78 is 0. The van der Waals surface area contributed by atoms with Gasteiger partial charge in [-0.05, 0) is 18.1 Å². The number of amides is 1. The summed E-state index contributed by atoms with van der Waals surface area (Å²) in [6, 6.07) is 4.18.